The molecule has 1 unspecified atom stereocenters. The van der Waals surface area contributed by atoms with Gasteiger partial charge in [-0.2, -0.15) is 8.42 Å². The van der Waals surface area contributed by atoms with Gasteiger partial charge >= 0.3 is 0 Å². The first kappa shape index (κ1) is 17.1. The third-order valence-corrected chi connectivity index (χ3v) is 5.50. The van der Waals surface area contributed by atoms with E-state index in [1.54, 1.807) is 12.1 Å². The average Bonchev–Trinajstić information content (AvgIpc) is 3.39. The van der Waals surface area contributed by atoms with Crippen molar-refractivity contribution >= 4 is 10.1 Å². The molecule has 1 fully saturated rings. The Morgan fingerprint density at radius 3 is 2.29 bits per heavy atom. The van der Waals surface area contributed by atoms with E-state index >= 15 is 0 Å². The minimum absolute atomic E-state index is 0.0501. The topological polar surface area (TPSA) is 43.4 Å². The van der Waals surface area contributed by atoms with Gasteiger partial charge in [-0.15, -0.1) is 0 Å². The first-order chi connectivity index (χ1) is 11.4. The quantitative estimate of drug-likeness (QED) is 0.706. The van der Waals surface area contributed by atoms with Crippen LogP contribution in [0.3, 0.4) is 0 Å². The second-order valence-electron chi connectivity index (χ2n) is 6.37. The Morgan fingerprint density at radius 1 is 1.08 bits per heavy atom. The van der Waals surface area contributed by atoms with Crippen molar-refractivity contribution in [3.63, 3.8) is 0 Å². The van der Waals surface area contributed by atoms with E-state index < -0.39 is 22.9 Å². The number of aryl methyl sites for hydroxylation is 1. The normalized spacial score (nSPS) is 16.1. The molecule has 5 heteroatoms. The molecule has 128 valence electrons. The van der Waals surface area contributed by atoms with Crippen LogP contribution in [0.4, 0.5) is 4.39 Å². The fourth-order valence-corrected chi connectivity index (χ4v) is 3.53. The van der Waals surface area contributed by atoms with E-state index in [0.29, 0.717) is 5.92 Å². The molecule has 0 saturated heterocycles. The largest absolute Gasteiger partial charge is 0.297 e. The lowest BCUT2D eigenvalue weighted by Gasteiger charge is -2.10. The monoisotopic (exact) mass is 348 g/mol. The lowest BCUT2D eigenvalue weighted by molar-refractivity contribution is 0.200. The molecule has 3 rings (SSSR count). The van der Waals surface area contributed by atoms with Gasteiger partial charge in [0, 0.05) is 6.42 Å². The average molecular weight is 348 g/mol. The van der Waals surface area contributed by atoms with Crippen molar-refractivity contribution in [3.8, 4) is 0 Å². The minimum atomic E-state index is -3.91. The molecule has 0 aliphatic heterocycles. The Kier molecular flexibility index (Phi) is 5.01. The van der Waals surface area contributed by atoms with Crippen molar-refractivity contribution in [2.45, 2.75) is 43.2 Å². The number of rotatable bonds is 7. The summed E-state index contributed by atoms with van der Waals surface area (Å²) in [7, 11) is -3.91. The maximum atomic E-state index is 14.1. The Balaban J connectivity index is 1.54. The first-order valence-electron chi connectivity index (χ1n) is 8.13. The molecule has 0 bridgehead atoms. The summed E-state index contributed by atoms with van der Waals surface area (Å²) in [4.78, 5) is 0.0501. The van der Waals surface area contributed by atoms with Gasteiger partial charge in [0.2, 0.25) is 0 Å². The van der Waals surface area contributed by atoms with Crippen molar-refractivity contribution in [2.75, 3.05) is 6.61 Å². The van der Waals surface area contributed by atoms with Gasteiger partial charge in [0.05, 0.1) is 11.5 Å². The molecule has 3 nitrogen and oxygen atoms in total. The molecular formula is C19H21FO3S. The van der Waals surface area contributed by atoms with Crippen LogP contribution >= 0.6 is 0 Å². The van der Waals surface area contributed by atoms with E-state index in [1.165, 1.54) is 30.5 Å². The van der Waals surface area contributed by atoms with E-state index in [-0.39, 0.29) is 11.3 Å². The second kappa shape index (κ2) is 7.03. The number of alkyl halides is 1. The fourth-order valence-electron chi connectivity index (χ4n) is 2.59. The van der Waals surface area contributed by atoms with Gasteiger partial charge in [-0.05, 0) is 48.9 Å². The summed E-state index contributed by atoms with van der Waals surface area (Å²) in [5.74, 6) is 0.670. The zero-order valence-corrected chi connectivity index (χ0v) is 14.4. The van der Waals surface area contributed by atoms with Crippen LogP contribution in [0.15, 0.2) is 53.4 Å². The van der Waals surface area contributed by atoms with E-state index in [4.69, 9.17) is 4.18 Å². The van der Waals surface area contributed by atoms with E-state index in [9.17, 15) is 12.8 Å². The van der Waals surface area contributed by atoms with E-state index in [2.05, 4.69) is 0 Å². The van der Waals surface area contributed by atoms with Gasteiger partial charge in [-0.25, -0.2) is 4.39 Å². The van der Waals surface area contributed by atoms with Crippen LogP contribution in [0.25, 0.3) is 0 Å². The van der Waals surface area contributed by atoms with E-state index in [1.807, 2.05) is 31.2 Å². The van der Waals surface area contributed by atoms with Crippen LogP contribution in [0.1, 0.15) is 35.4 Å². The van der Waals surface area contributed by atoms with Gasteiger partial charge in [0.1, 0.15) is 6.17 Å². The van der Waals surface area contributed by atoms with Crippen molar-refractivity contribution in [2.24, 2.45) is 0 Å². The zero-order valence-electron chi connectivity index (χ0n) is 13.6. The SMILES string of the molecule is Cc1ccc(S(=O)(=O)OCC(F)Cc2ccc(C3CC3)cc2)cc1. The number of benzene rings is 2. The molecule has 1 atom stereocenters. The van der Waals surface area contributed by atoms with Gasteiger partial charge in [-0.3, -0.25) is 4.18 Å². The predicted octanol–water partition coefficient (Wildman–Crippen LogP) is 4.16. The van der Waals surface area contributed by atoms with Crippen LogP contribution in [-0.2, 0) is 20.7 Å². The van der Waals surface area contributed by atoms with E-state index in [0.717, 1.165) is 11.1 Å². The third-order valence-electron chi connectivity index (χ3n) is 4.20. The first-order valence-corrected chi connectivity index (χ1v) is 9.54. The molecule has 24 heavy (non-hydrogen) atoms. The minimum Gasteiger partial charge on any atom is -0.263 e. The van der Waals surface area contributed by atoms with Gasteiger partial charge in [-0.1, -0.05) is 42.0 Å². The summed E-state index contributed by atoms with van der Waals surface area (Å²) in [5.41, 5.74) is 3.10. The lowest BCUT2D eigenvalue weighted by atomic mass is 10.0. The highest BCUT2D eigenvalue weighted by Crippen LogP contribution is 2.39. The van der Waals surface area contributed by atoms with Crippen LogP contribution < -0.4 is 0 Å². The van der Waals surface area contributed by atoms with Gasteiger partial charge in [0.15, 0.2) is 0 Å². The maximum absolute atomic E-state index is 14.1. The molecule has 0 N–H and O–H groups in total. The molecular weight excluding hydrogens is 327 g/mol. The van der Waals surface area contributed by atoms with Crippen LogP contribution in [0.2, 0.25) is 0 Å². The number of hydrogen-bond acceptors (Lipinski definition) is 3. The number of hydrogen-bond donors (Lipinski definition) is 0. The fraction of sp³-hybridized carbons (Fsp3) is 0.368. The smallest absolute Gasteiger partial charge is 0.263 e. The molecule has 1 saturated carbocycles. The lowest BCUT2D eigenvalue weighted by Crippen LogP contribution is -2.17. The second-order valence-corrected chi connectivity index (χ2v) is 7.98. The summed E-state index contributed by atoms with van der Waals surface area (Å²) in [6, 6.07) is 14.2. The van der Waals surface area contributed by atoms with Gasteiger partial charge < -0.3 is 0 Å². The van der Waals surface area contributed by atoms with Crippen molar-refractivity contribution in [3.05, 3.63) is 65.2 Å². The zero-order chi connectivity index (χ0) is 17.2. The molecule has 0 spiro atoms. The number of halogens is 1. The molecule has 2 aromatic rings. The standard InChI is InChI=1S/C19H21FO3S/c1-14-2-10-19(11-3-14)24(21,22)23-13-18(20)12-15-4-6-16(7-5-15)17-8-9-17/h2-7,10-11,17-18H,8-9,12-13H2,1H3. The molecule has 1 aliphatic rings. The summed E-state index contributed by atoms with van der Waals surface area (Å²) in [6.45, 7) is 1.39. The summed E-state index contributed by atoms with van der Waals surface area (Å²) in [5, 5.41) is 0. The summed E-state index contributed by atoms with van der Waals surface area (Å²) in [6.07, 6.45) is 1.25. The summed E-state index contributed by atoms with van der Waals surface area (Å²) < 4.78 is 43.0. The highest BCUT2D eigenvalue weighted by atomic mass is 32.2. The van der Waals surface area contributed by atoms with Crippen molar-refractivity contribution in [1.29, 1.82) is 0 Å². The molecule has 2 aromatic carbocycles. The highest BCUT2D eigenvalue weighted by Gasteiger charge is 2.23. The molecule has 0 aromatic heterocycles. The van der Waals surface area contributed by atoms with Gasteiger partial charge in [0.25, 0.3) is 10.1 Å². The highest BCUT2D eigenvalue weighted by molar-refractivity contribution is 7.86. The molecule has 0 amide bonds. The maximum Gasteiger partial charge on any atom is 0.297 e. The van der Waals surface area contributed by atoms with Crippen molar-refractivity contribution in [1.82, 2.24) is 0 Å². The Bertz CT molecular complexity index is 778. The van der Waals surface area contributed by atoms with Crippen LogP contribution in [0, 0.1) is 6.92 Å². The molecule has 1 aliphatic carbocycles. The molecule has 0 heterocycles. The Hall–Kier alpha value is -1.72. The molecule has 0 radical (unpaired) electrons. The summed E-state index contributed by atoms with van der Waals surface area (Å²) >= 11 is 0. The van der Waals surface area contributed by atoms with Crippen LogP contribution in [-0.4, -0.2) is 21.2 Å². The van der Waals surface area contributed by atoms with Crippen molar-refractivity contribution < 1.29 is 17.0 Å². The Labute approximate surface area is 142 Å². The van der Waals surface area contributed by atoms with Crippen LogP contribution in [0.5, 0.6) is 0 Å². The Morgan fingerprint density at radius 2 is 1.71 bits per heavy atom. The predicted molar refractivity (Wildman–Crippen MR) is 91.3 cm³/mol. The third kappa shape index (κ3) is 4.42.